The molecule has 3 unspecified atom stereocenters. The smallest absolute Gasteiger partial charge is 0.154 e. The summed E-state index contributed by atoms with van der Waals surface area (Å²) < 4.78 is 5.38. The maximum Gasteiger partial charge on any atom is 0.154 e. The van der Waals surface area contributed by atoms with Gasteiger partial charge in [0.15, 0.2) is 6.29 Å². The Balaban J connectivity index is 3.47. The van der Waals surface area contributed by atoms with Crippen molar-refractivity contribution in [2.45, 2.75) is 59.7 Å². The van der Waals surface area contributed by atoms with Gasteiger partial charge in [-0.05, 0) is 18.3 Å². The molecule has 0 aliphatic rings. The van der Waals surface area contributed by atoms with Crippen molar-refractivity contribution in [2.75, 3.05) is 6.61 Å². The lowest BCUT2D eigenvalue weighted by atomic mass is 10.0. The highest BCUT2D eigenvalue weighted by Gasteiger charge is 2.10. The van der Waals surface area contributed by atoms with Crippen LogP contribution in [0, 0.1) is 11.8 Å². The summed E-state index contributed by atoms with van der Waals surface area (Å²) in [6, 6.07) is 0. The molecule has 0 rings (SSSR count). The highest BCUT2D eigenvalue weighted by Crippen LogP contribution is 2.12. The van der Waals surface area contributed by atoms with Crippen molar-refractivity contribution in [3.8, 4) is 0 Å². The zero-order valence-electron chi connectivity index (χ0n) is 10.1. The summed E-state index contributed by atoms with van der Waals surface area (Å²) in [4.78, 5) is 0. The van der Waals surface area contributed by atoms with Crippen molar-refractivity contribution in [1.29, 1.82) is 0 Å². The zero-order valence-corrected chi connectivity index (χ0v) is 10.1. The summed E-state index contributed by atoms with van der Waals surface area (Å²) in [5.74, 6) is 1.11. The molecule has 0 radical (unpaired) electrons. The SMILES string of the molecule is CCCC(C)COC(O)CC(C)CC. The lowest BCUT2D eigenvalue weighted by molar-refractivity contribution is -0.119. The van der Waals surface area contributed by atoms with Gasteiger partial charge >= 0.3 is 0 Å². The molecule has 0 aromatic rings. The molecular weight excluding hydrogens is 176 g/mol. The van der Waals surface area contributed by atoms with E-state index in [1.807, 2.05) is 0 Å². The van der Waals surface area contributed by atoms with Crippen molar-refractivity contribution in [1.82, 2.24) is 0 Å². The summed E-state index contributed by atoms with van der Waals surface area (Å²) in [5, 5.41) is 9.55. The molecule has 2 heteroatoms. The maximum atomic E-state index is 9.55. The van der Waals surface area contributed by atoms with Crippen LogP contribution in [0.4, 0.5) is 0 Å². The van der Waals surface area contributed by atoms with E-state index in [2.05, 4.69) is 27.7 Å². The molecule has 2 nitrogen and oxygen atoms in total. The van der Waals surface area contributed by atoms with E-state index in [9.17, 15) is 5.11 Å². The molecule has 0 aromatic heterocycles. The van der Waals surface area contributed by atoms with E-state index in [0.29, 0.717) is 18.4 Å². The molecular formula is C12H26O2. The Morgan fingerprint density at radius 3 is 2.29 bits per heavy atom. The summed E-state index contributed by atoms with van der Waals surface area (Å²) >= 11 is 0. The fourth-order valence-electron chi connectivity index (χ4n) is 1.43. The maximum absolute atomic E-state index is 9.55. The molecule has 0 fully saturated rings. The molecule has 0 amide bonds. The average Bonchev–Trinajstić information content (AvgIpc) is 2.15. The normalized spacial score (nSPS) is 17.8. The third-order valence-corrected chi connectivity index (χ3v) is 2.66. The summed E-state index contributed by atoms with van der Waals surface area (Å²) in [6.07, 6.45) is 3.66. The third-order valence-electron chi connectivity index (χ3n) is 2.66. The van der Waals surface area contributed by atoms with Gasteiger partial charge in [0, 0.05) is 6.42 Å². The molecule has 14 heavy (non-hydrogen) atoms. The van der Waals surface area contributed by atoms with Crippen LogP contribution < -0.4 is 0 Å². The standard InChI is InChI=1S/C12H26O2/c1-5-7-11(4)9-14-12(13)8-10(3)6-2/h10-13H,5-9H2,1-4H3. The zero-order chi connectivity index (χ0) is 11.0. The van der Waals surface area contributed by atoms with Crippen LogP contribution in [0.15, 0.2) is 0 Å². The molecule has 86 valence electrons. The van der Waals surface area contributed by atoms with Crippen LogP contribution in [0.3, 0.4) is 0 Å². The van der Waals surface area contributed by atoms with E-state index in [0.717, 1.165) is 12.8 Å². The highest BCUT2D eigenvalue weighted by molar-refractivity contribution is 4.54. The van der Waals surface area contributed by atoms with E-state index in [4.69, 9.17) is 4.74 Å². The Bertz CT molecular complexity index is 125. The fourth-order valence-corrected chi connectivity index (χ4v) is 1.43. The fraction of sp³-hybridized carbons (Fsp3) is 1.00. The molecule has 0 saturated heterocycles. The van der Waals surface area contributed by atoms with Gasteiger partial charge in [0.2, 0.25) is 0 Å². The Hall–Kier alpha value is -0.0800. The second-order valence-electron chi connectivity index (χ2n) is 4.43. The molecule has 0 aliphatic carbocycles. The predicted octanol–water partition coefficient (Wildman–Crippen LogP) is 3.19. The molecule has 0 saturated carbocycles. The average molecular weight is 202 g/mol. The van der Waals surface area contributed by atoms with Crippen molar-refractivity contribution in [3.63, 3.8) is 0 Å². The van der Waals surface area contributed by atoms with Gasteiger partial charge in [-0.3, -0.25) is 0 Å². The first-order chi connectivity index (χ1) is 6.60. The molecule has 0 heterocycles. The van der Waals surface area contributed by atoms with Gasteiger partial charge in [-0.25, -0.2) is 0 Å². The van der Waals surface area contributed by atoms with Gasteiger partial charge in [-0.15, -0.1) is 0 Å². The minimum atomic E-state index is -0.566. The van der Waals surface area contributed by atoms with E-state index < -0.39 is 6.29 Å². The monoisotopic (exact) mass is 202 g/mol. The Kier molecular flexibility index (Phi) is 8.20. The molecule has 0 aromatic carbocycles. The summed E-state index contributed by atoms with van der Waals surface area (Å²) in [7, 11) is 0. The molecule has 0 bridgehead atoms. The van der Waals surface area contributed by atoms with Gasteiger partial charge in [0.1, 0.15) is 0 Å². The summed E-state index contributed by atoms with van der Waals surface area (Å²) in [6.45, 7) is 9.30. The minimum Gasteiger partial charge on any atom is -0.368 e. The second kappa shape index (κ2) is 8.25. The van der Waals surface area contributed by atoms with Gasteiger partial charge in [0.05, 0.1) is 6.61 Å². The van der Waals surface area contributed by atoms with E-state index >= 15 is 0 Å². The Morgan fingerprint density at radius 1 is 1.14 bits per heavy atom. The van der Waals surface area contributed by atoms with Crippen LogP contribution in [-0.2, 0) is 4.74 Å². The molecule has 0 aliphatic heterocycles. The highest BCUT2D eigenvalue weighted by atomic mass is 16.6. The Labute approximate surface area is 88.7 Å². The predicted molar refractivity (Wildman–Crippen MR) is 60.1 cm³/mol. The number of aliphatic hydroxyl groups excluding tert-OH is 1. The van der Waals surface area contributed by atoms with Crippen molar-refractivity contribution in [2.24, 2.45) is 11.8 Å². The van der Waals surface area contributed by atoms with Gasteiger partial charge < -0.3 is 9.84 Å². The van der Waals surface area contributed by atoms with Crippen LogP contribution in [0.1, 0.15) is 53.4 Å². The minimum absolute atomic E-state index is 0.548. The quantitative estimate of drug-likeness (QED) is 0.612. The Morgan fingerprint density at radius 2 is 1.79 bits per heavy atom. The van der Waals surface area contributed by atoms with E-state index in [-0.39, 0.29) is 0 Å². The topological polar surface area (TPSA) is 29.5 Å². The number of hydrogen-bond acceptors (Lipinski definition) is 2. The number of rotatable bonds is 8. The van der Waals surface area contributed by atoms with E-state index in [1.54, 1.807) is 0 Å². The largest absolute Gasteiger partial charge is 0.368 e. The van der Waals surface area contributed by atoms with Gasteiger partial charge in [0.25, 0.3) is 0 Å². The number of hydrogen-bond donors (Lipinski definition) is 1. The third kappa shape index (κ3) is 7.34. The molecule has 0 spiro atoms. The van der Waals surface area contributed by atoms with Gasteiger partial charge in [-0.2, -0.15) is 0 Å². The lowest BCUT2D eigenvalue weighted by Gasteiger charge is -2.18. The van der Waals surface area contributed by atoms with Crippen molar-refractivity contribution in [3.05, 3.63) is 0 Å². The first-order valence-electron chi connectivity index (χ1n) is 5.89. The second-order valence-corrected chi connectivity index (χ2v) is 4.43. The molecule has 1 N–H and O–H groups in total. The van der Waals surface area contributed by atoms with Crippen LogP contribution in [0.25, 0.3) is 0 Å². The summed E-state index contributed by atoms with van der Waals surface area (Å²) in [5.41, 5.74) is 0. The van der Waals surface area contributed by atoms with Crippen LogP contribution in [-0.4, -0.2) is 18.0 Å². The van der Waals surface area contributed by atoms with Crippen molar-refractivity contribution < 1.29 is 9.84 Å². The number of ether oxygens (including phenoxy) is 1. The van der Waals surface area contributed by atoms with Crippen LogP contribution >= 0.6 is 0 Å². The molecule has 3 atom stereocenters. The number of aliphatic hydroxyl groups is 1. The van der Waals surface area contributed by atoms with Gasteiger partial charge in [-0.1, -0.05) is 40.5 Å². The van der Waals surface area contributed by atoms with Crippen LogP contribution in [0.2, 0.25) is 0 Å². The first-order valence-corrected chi connectivity index (χ1v) is 5.89. The van der Waals surface area contributed by atoms with Crippen LogP contribution in [0.5, 0.6) is 0 Å². The first kappa shape index (κ1) is 13.9. The van der Waals surface area contributed by atoms with E-state index in [1.165, 1.54) is 12.8 Å². The lowest BCUT2D eigenvalue weighted by Crippen LogP contribution is -2.19. The van der Waals surface area contributed by atoms with Crippen molar-refractivity contribution >= 4 is 0 Å².